The van der Waals surface area contributed by atoms with Gasteiger partial charge in [-0.3, -0.25) is 4.79 Å². The molecule has 0 aliphatic heterocycles. The van der Waals surface area contributed by atoms with Crippen molar-refractivity contribution in [1.82, 2.24) is 5.32 Å². The topological polar surface area (TPSA) is 38.3 Å². The van der Waals surface area contributed by atoms with Crippen LogP contribution in [0.5, 0.6) is 5.75 Å². The van der Waals surface area contributed by atoms with Crippen LogP contribution in [-0.4, -0.2) is 19.6 Å². The third kappa shape index (κ3) is 3.18. The molecule has 0 aromatic heterocycles. The molecule has 3 nitrogen and oxygen atoms in total. The van der Waals surface area contributed by atoms with Gasteiger partial charge in [0.2, 0.25) is 5.91 Å². The zero-order valence-electron chi connectivity index (χ0n) is 13.4. The van der Waals surface area contributed by atoms with Crippen molar-refractivity contribution >= 4 is 5.91 Å². The number of allylic oxidation sites excluding steroid dienone is 1. The molecule has 3 heteroatoms. The van der Waals surface area contributed by atoms with Crippen LogP contribution in [0.2, 0.25) is 0 Å². The van der Waals surface area contributed by atoms with E-state index in [2.05, 4.69) is 11.4 Å². The Hall–Kier alpha value is -1.77. The van der Waals surface area contributed by atoms with Gasteiger partial charge in [-0.1, -0.05) is 23.8 Å². The van der Waals surface area contributed by atoms with Crippen LogP contribution in [0.1, 0.15) is 50.5 Å². The third-order valence-electron chi connectivity index (χ3n) is 4.94. The van der Waals surface area contributed by atoms with Gasteiger partial charge in [-0.2, -0.15) is 0 Å². The normalized spacial score (nSPS) is 19.2. The molecule has 22 heavy (non-hydrogen) atoms. The maximum absolute atomic E-state index is 12.6. The number of methoxy groups -OCH3 is 1. The smallest absolute Gasteiger partial charge is 0.230 e. The van der Waals surface area contributed by atoms with Gasteiger partial charge >= 0.3 is 0 Å². The first-order valence-electron chi connectivity index (χ1n) is 8.35. The van der Waals surface area contributed by atoms with Crippen molar-refractivity contribution < 1.29 is 9.53 Å². The second-order valence-electron chi connectivity index (χ2n) is 6.42. The van der Waals surface area contributed by atoms with Gasteiger partial charge < -0.3 is 10.1 Å². The van der Waals surface area contributed by atoms with Crippen LogP contribution in [0.25, 0.3) is 0 Å². The maximum Gasteiger partial charge on any atom is 0.230 e. The van der Waals surface area contributed by atoms with E-state index in [9.17, 15) is 4.79 Å². The largest absolute Gasteiger partial charge is 0.497 e. The summed E-state index contributed by atoms with van der Waals surface area (Å²) in [5.41, 5.74) is 2.34. The quantitative estimate of drug-likeness (QED) is 0.813. The van der Waals surface area contributed by atoms with E-state index in [1.54, 1.807) is 7.11 Å². The number of carbonyl (C=O) groups is 1. The predicted octanol–water partition coefficient (Wildman–Crippen LogP) is 3.73. The fourth-order valence-corrected chi connectivity index (χ4v) is 3.32. The SMILES string of the molecule is COc1ccc(C2(C(=O)NCCC3=CCCCC3)CC2)cc1. The number of benzene rings is 1. The number of ether oxygens (including phenoxy) is 1. The van der Waals surface area contributed by atoms with Gasteiger partial charge in [0.25, 0.3) is 0 Å². The molecule has 1 aromatic carbocycles. The number of hydrogen-bond acceptors (Lipinski definition) is 2. The minimum atomic E-state index is -0.285. The average molecular weight is 299 g/mol. The van der Waals surface area contributed by atoms with Gasteiger partial charge in [0.15, 0.2) is 0 Å². The zero-order valence-corrected chi connectivity index (χ0v) is 13.4. The first-order valence-corrected chi connectivity index (χ1v) is 8.35. The van der Waals surface area contributed by atoms with Crippen LogP contribution in [-0.2, 0) is 10.2 Å². The Kier molecular flexibility index (Phi) is 4.51. The summed E-state index contributed by atoms with van der Waals surface area (Å²) in [6.07, 6.45) is 10.3. The average Bonchev–Trinajstić information content (AvgIpc) is 3.38. The van der Waals surface area contributed by atoms with Crippen molar-refractivity contribution in [3.63, 3.8) is 0 Å². The second kappa shape index (κ2) is 6.55. The molecule has 0 radical (unpaired) electrons. The molecule has 1 aromatic rings. The number of rotatable bonds is 6. The molecule has 0 saturated heterocycles. The second-order valence-corrected chi connectivity index (χ2v) is 6.42. The molecule has 2 aliphatic rings. The molecule has 118 valence electrons. The van der Waals surface area contributed by atoms with E-state index in [4.69, 9.17) is 4.74 Å². The Morgan fingerprint density at radius 1 is 1.23 bits per heavy atom. The van der Waals surface area contributed by atoms with E-state index in [0.717, 1.165) is 37.1 Å². The van der Waals surface area contributed by atoms with Crippen LogP contribution in [0, 0.1) is 0 Å². The van der Waals surface area contributed by atoms with Gasteiger partial charge in [-0.05, 0) is 62.6 Å². The number of hydrogen-bond donors (Lipinski definition) is 1. The fraction of sp³-hybridized carbons (Fsp3) is 0.526. The molecule has 1 N–H and O–H groups in total. The number of carbonyl (C=O) groups excluding carboxylic acids is 1. The van der Waals surface area contributed by atoms with E-state index in [1.807, 2.05) is 24.3 Å². The zero-order chi connectivity index (χ0) is 15.4. The summed E-state index contributed by atoms with van der Waals surface area (Å²) < 4.78 is 5.19. The highest BCUT2D eigenvalue weighted by Gasteiger charge is 2.50. The summed E-state index contributed by atoms with van der Waals surface area (Å²) in [5.74, 6) is 1.03. The van der Waals surface area contributed by atoms with Crippen LogP contribution >= 0.6 is 0 Å². The van der Waals surface area contributed by atoms with E-state index < -0.39 is 0 Å². The van der Waals surface area contributed by atoms with Crippen molar-refractivity contribution in [1.29, 1.82) is 0 Å². The highest BCUT2D eigenvalue weighted by molar-refractivity contribution is 5.91. The fourth-order valence-electron chi connectivity index (χ4n) is 3.32. The minimum absolute atomic E-state index is 0.189. The monoisotopic (exact) mass is 299 g/mol. The number of amides is 1. The Bertz CT molecular complexity index is 555. The standard InChI is InChI=1S/C19H25NO2/c1-22-17-9-7-16(8-10-17)19(12-13-19)18(21)20-14-11-15-5-3-2-4-6-15/h5,7-10H,2-4,6,11-14H2,1H3,(H,20,21). The molecule has 0 unspecified atom stereocenters. The van der Waals surface area contributed by atoms with Gasteiger partial charge in [0.1, 0.15) is 5.75 Å². The van der Waals surface area contributed by atoms with Crippen molar-refractivity contribution in [2.45, 2.75) is 50.4 Å². The van der Waals surface area contributed by atoms with Crippen LogP contribution in [0.3, 0.4) is 0 Å². The first kappa shape index (κ1) is 15.1. The lowest BCUT2D eigenvalue weighted by molar-refractivity contribution is -0.123. The molecule has 1 fully saturated rings. The summed E-state index contributed by atoms with van der Waals surface area (Å²) >= 11 is 0. The summed E-state index contributed by atoms with van der Waals surface area (Å²) in [6.45, 7) is 0.766. The van der Waals surface area contributed by atoms with Gasteiger partial charge in [0.05, 0.1) is 12.5 Å². The molecule has 0 bridgehead atoms. The van der Waals surface area contributed by atoms with Gasteiger partial charge in [-0.25, -0.2) is 0 Å². The molecule has 2 aliphatic carbocycles. The highest BCUT2D eigenvalue weighted by atomic mass is 16.5. The van der Waals surface area contributed by atoms with Crippen molar-refractivity contribution in [3.8, 4) is 5.75 Å². The summed E-state index contributed by atoms with van der Waals surface area (Å²) in [7, 11) is 1.66. The van der Waals surface area contributed by atoms with E-state index in [0.29, 0.717) is 0 Å². The number of nitrogens with one attached hydrogen (secondary N) is 1. The molecule has 3 rings (SSSR count). The Morgan fingerprint density at radius 3 is 2.59 bits per heavy atom. The molecule has 0 atom stereocenters. The van der Waals surface area contributed by atoms with Crippen LogP contribution in [0.15, 0.2) is 35.9 Å². The minimum Gasteiger partial charge on any atom is -0.497 e. The summed E-state index contributed by atoms with van der Waals surface area (Å²) in [6, 6.07) is 7.93. The predicted molar refractivity (Wildman–Crippen MR) is 88.1 cm³/mol. The van der Waals surface area contributed by atoms with E-state index in [-0.39, 0.29) is 11.3 Å². The molecular formula is C19H25NO2. The summed E-state index contributed by atoms with van der Waals surface area (Å²) in [4.78, 5) is 12.6. The van der Waals surface area contributed by atoms with Crippen LogP contribution < -0.4 is 10.1 Å². The summed E-state index contributed by atoms with van der Waals surface area (Å²) in [5, 5.41) is 3.15. The lowest BCUT2D eigenvalue weighted by Crippen LogP contribution is -2.35. The molecule has 0 heterocycles. The Balaban J connectivity index is 1.55. The molecule has 1 saturated carbocycles. The Morgan fingerprint density at radius 2 is 2.00 bits per heavy atom. The molecule has 0 spiro atoms. The molecular weight excluding hydrogens is 274 g/mol. The first-order chi connectivity index (χ1) is 10.7. The van der Waals surface area contributed by atoms with Crippen molar-refractivity contribution in [3.05, 3.63) is 41.5 Å². The Labute approximate surface area is 132 Å². The third-order valence-corrected chi connectivity index (χ3v) is 4.94. The molecule has 1 amide bonds. The van der Waals surface area contributed by atoms with E-state index in [1.165, 1.54) is 31.3 Å². The van der Waals surface area contributed by atoms with Crippen molar-refractivity contribution in [2.75, 3.05) is 13.7 Å². The lowest BCUT2D eigenvalue weighted by Gasteiger charge is -2.17. The lowest BCUT2D eigenvalue weighted by atomic mass is 9.94. The van der Waals surface area contributed by atoms with Gasteiger partial charge in [-0.15, -0.1) is 0 Å². The highest BCUT2D eigenvalue weighted by Crippen LogP contribution is 2.48. The van der Waals surface area contributed by atoms with Crippen LogP contribution in [0.4, 0.5) is 0 Å². The van der Waals surface area contributed by atoms with E-state index >= 15 is 0 Å². The maximum atomic E-state index is 12.6. The van der Waals surface area contributed by atoms with Crippen molar-refractivity contribution in [2.24, 2.45) is 0 Å². The van der Waals surface area contributed by atoms with Gasteiger partial charge in [0, 0.05) is 6.54 Å².